The third kappa shape index (κ3) is 3.14. The lowest BCUT2D eigenvalue weighted by Gasteiger charge is -2.29. The van der Waals surface area contributed by atoms with Crippen LogP contribution in [0.15, 0.2) is 18.3 Å². The first-order valence-electron chi connectivity index (χ1n) is 9.50. The van der Waals surface area contributed by atoms with Gasteiger partial charge in [0.15, 0.2) is 0 Å². The second-order valence-corrected chi connectivity index (χ2v) is 8.49. The van der Waals surface area contributed by atoms with Gasteiger partial charge in [0.1, 0.15) is 17.3 Å². The van der Waals surface area contributed by atoms with Crippen LogP contribution in [0, 0.1) is 0 Å². The average Bonchev–Trinajstić information content (AvgIpc) is 3.39. The molecule has 0 spiro atoms. The van der Waals surface area contributed by atoms with Crippen molar-refractivity contribution >= 4 is 29.2 Å². The molecule has 148 valence electrons. The molecule has 3 aliphatic rings. The predicted molar refractivity (Wildman–Crippen MR) is 107 cm³/mol. The molecule has 9 heteroatoms. The Morgan fingerprint density at radius 3 is 2.86 bits per heavy atom. The third-order valence-corrected chi connectivity index (χ3v) is 6.07. The van der Waals surface area contributed by atoms with E-state index in [4.69, 9.17) is 32.0 Å². The summed E-state index contributed by atoms with van der Waals surface area (Å²) in [5.74, 6) is 1.64. The van der Waals surface area contributed by atoms with Gasteiger partial charge in [0.05, 0.1) is 36.0 Å². The number of halogens is 2. The summed E-state index contributed by atoms with van der Waals surface area (Å²) in [6.07, 6.45) is 3.38. The smallest absolute Gasteiger partial charge is 0.227 e. The zero-order chi connectivity index (χ0) is 19.5. The number of morpholine rings is 1. The van der Waals surface area contributed by atoms with Crippen molar-refractivity contribution < 1.29 is 9.13 Å². The van der Waals surface area contributed by atoms with Crippen LogP contribution in [-0.4, -0.2) is 59.0 Å². The van der Waals surface area contributed by atoms with E-state index >= 15 is 0 Å². The second kappa shape index (κ2) is 6.42. The van der Waals surface area contributed by atoms with E-state index in [2.05, 4.69) is 9.88 Å². The summed E-state index contributed by atoms with van der Waals surface area (Å²) in [7, 11) is 0. The van der Waals surface area contributed by atoms with Gasteiger partial charge in [0.2, 0.25) is 5.95 Å². The third-order valence-electron chi connectivity index (χ3n) is 5.77. The molecule has 0 aromatic carbocycles. The summed E-state index contributed by atoms with van der Waals surface area (Å²) in [4.78, 5) is 17.8. The maximum Gasteiger partial charge on any atom is 0.227 e. The highest BCUT2D eigenvalue weighted by atomic mass is 35.5. The molecule has 2 aromatic rings. The normalized spacial score (nSPS) is 29.1. The molecule has 5 rings (SSSR count). The summed E-state index contributed by atoms with van der Waals surface area (Å²) in [6.45, 7) is 4.01. The first kappa shape index (κ1) is 17.9. The number of anilines is 3. The number of hydrogen-bond acceptors (Lipinski definition) is 7. The van der Waals surface area contributed by atoms with Crippen LogP contribution < -0.4 is 15.5 Å². The van der Waals surface area contributed by atoms with Crippen molar-refractivity contribution in [2.24, 2.45) is 0 Å². The van der Waals surface area contributed by atoms with Gasteiger partial charge in [-0.2, -0.15) is 4.98 Å². The van der Waals surface area contributed by atoms with E-state index < -0.39 is 5.67 Å². The van der Waals surface area contributed by atoms with Crippen LogP contribution in [0.5, 0.6) is 0 Å². The number of aromatic nitrogens is 3. The molecule has 3 saturated heterocycles. The molecule has 28 heavy (non-hydrogen) atoms. The van der Waals surface area contributed by atoms with E-state index in [-0.39, 0.29) is 18.5 Å². The summed E-state index contributed by atoms with van der Waals surface area (Å²) in [5.41, 5.74) is 5.97. The van der Waals surface area contributed by atoms with Gasteiger partial charge in [-0.25, -0.2) is 14.4 Å². The van der Waals surface area contributed by atoms with Crippen LogP contribution in [-0.2, 0) is 4.74 Å². The van der Waals surface area contributed by atoms with Gasteiger partial charge in [0.25, 0.3) is 0 Å². The summed E-state index contributed by atoms with van der Waals surface area (Å²) >= 11 is 6.17. The van der Waals surface area contributed by atoms with E-state index in [1.165, 1.54) is 0 Å². The zero-order valence-corrected chi connectivity index (χ0v) is 16.4. The molecule has 3 unspecified atom stereocenters. The Hall–Kier alpha value is -2.19. The fraction of sp³-hybridized carbons (Fsp3) is 0.526. The molecule has 0 saturated carbocycles. The maximum atomic E-state index is 14.4. The first-order chi connectivity index (χ1) is 13.4. The van der Waals surface area contributed by atoms with Crippen LogP contribution in [0.25, 0.3) is 11.3 Å². The van der Waals surface area contributed by atoms with E-state index in [1.54, 1.807) is 19.2 Å². The fourth-order valence-electron chi connectivity index (χ4n) is 4.22. The van der Waals surface area contributed by atoms with Gasteiger partial charge in [-0.1, -0.05) is 11.6 Å². The fourth-order valence-corrected chi connectivity index (χ4v) is 4.39. The standard InChI is InChI=1S/C19H22ClFN6O/c1-19(21)2-3-26(10-19)18-24-15(11-4-14(20)17(22)23-7-11)6-16(25-18)27-8-13-5-12(27)9-28-13/h4,6-7,12-13H,2-3,5,8-10H2,1H3,(H2,22,23). The summed E-state index contributed by atoms with van der Waals surface area (Å²) in [5, 5.41) is 0.380. The molecule has 5 heterocycles. The minimum Gasteiger partial charge on any atom is -0.382 e. The van der Waals surface area contributed by atoms with Crippen LogP contribution in [0.4, 0.5) is 22.0 Å². The Bertz CT molecular complexity index is 925. The summed E-state index contributed by atoms with van der Waals surface area (Å²) < 4.78 is 20.1. The molecule has 2 N–H and O–H groups in total. The molecule has 7 nitrogen and oxygen atoms in total. The number of nitrogen functional groups attached to an aromatic ring is 1. The number of pyridine rings is 1. The highest BCUT2D eigenvalue weighted by Gasteiger charge is 2.40. The highest BCUT2D eigenvalue weighted by Crippen LogP contribution is 2.36. The molecule has 2 bridgehead atoms. The number of hydrogen-bond donors (Lipinski definition) is 1. The monoisotopic (exact) mass is 404 g/mol. The topological polar surface area (TPSA) is 80.4 Å². The quantitative estimate of drug-likeness (QED) is 0.842. The van der Waals surface area contributed by atoms with Crippen molar-refractivity contribution in [2.75, 3.05) is 41.8 Å². The Labute approximate surface area is 167 Å². The first-order valence-corrected chi connectivity index (χ1v) is 9.88. The maximum absolute atomic E-state index is 14.4. The molecular formula is C19H22ClFN6O. The van der Waals surface area contributed by atoms with E-state index in [1.807, 2.05) is 11.0 Å². The highest BCUT2D eigenvalue weighted by molar-refractivity contribution is 6.33. The van der Waals surface area contributed by atoms with E-state index in [0.717, 1.165) is 24.3 Å². The van der Waals surface area contributed by atoms with Crippen molar-refractivity contribution in [3.05, 3.63) is 23.4 Å². The number of fused-ring (bicyclic) bond motifs is 2. The number of nitrogens with zero attached hydrogens (tertiary/aromatic N) is 5. The lowest BCUT2D eigenvalue weighted by molar-refractivity contribution is 0.0989. The lowest BCUT2D eigenvalue weighted by atomic mass is 10.1. The van der Waals surface area contributed by atoms with Crippen molar-refractivity contribution in [2.45, 2.75) is 37.6 Å². The minimum absolute atomic E-state index is 0.250. The van der Waals surface area contributed by atoms with Crippen LogP contribution >= 0.6 is 11.6 Å². The van der Waals surface area contributed by atoms with E-state index in [9.17, 15) is 4.39 Å². The number of ether oxygens (including phenoxy) is 1. The molecule has 2 aromatic heterocycles. The molecule has 0 radical (unpaired) electrons. The van der Waals surface area contributed by atoms with Crippen LogP contribution in [0.1, 0.15) is 19.8 Å². The Kier molecular flexibility index (Phi) is 4.10. The minimum atomic E-state index is -1.23. The van der Waals surface area contributed by atoms with Gasteiger partial charge in [-0.05, 0) is 19.4 Å². The number of alkyl halides is 1. The Morgan fingerprint density at radius 1 is 1.36 bits per heavy atom. The Balaban J connectivity index is 1.57. The molecule has 3 fully saturated rings. The number of nitrogens with two attached hydrogens (primary N) is 1. The molecule has 3 aliphatic heterocycles. The van der Waals surface area contributed by atoms with Gasteiger partial charge >= 0.3 is 0 Å². The largest absolute Gasteiger partial charge is 0.382 e. The van der Waals surface area contributed by atoms with Gasteiger partial charge < -0.3 is 20.3 Å². The van der Waals surface area contributed by atoms with Gasteiger partial charge in [0, 0.05) is 37.3 Å². The van der Waals surface area contributed by atoms with Crippen molar-refractivity contribution in [1.29, 1.82) is 0 Å². The summed E-state index contributed by atoms with van der Waals surface area (Å²) in [6, 6.07) is 4.01. The molecule has 3 atom stereocenters. The van der Waals surface area contributed by atoms with E-state index in [0.29, 0.717) is 42.3 Å². The van der Waals surface area contributed by atoms with Gasteiger partial charge in [-0.3, -0.25) is 0 Å². The van der Waals surface area contributed by atoms with Crippen LogP contribution in [0.2, 0.25) is 5.02 Å². The van der Waals surface area contributed by atoms with Crippen LogP contribution in [0.3, 0.4) is 0 Å². The number of rotatable bonds is 3. The van der Waals surface area contributed by atoms with Crippen molar-refractivity contribution in [3.8, 4) is 11.3 Å². The van der Waals surface area contributed by atoms with Gasteiger partial charge in [-0.15, -0.1) is 0 Å². The lowest BCUT2D eigenvalue weighted by Crippen LogP contribution is -2.38. The molecule has 0 aliphatic carbocycles. The second-order valence-electron chi connectivity index (χ2n) is 8.08. The van der Waals surface area contributed by atoms with Crippen molar-refractivity contribution in [3.63, 3.8) is 0 Å². The Morgan fingerprint density at radius 2 is 2.21 bits per heavy atom. The van der Waals surface area contributed by atoms with Crippen molar-refractivity contribution in [1.82, 2.24) is 15.0 Å². The predicted octanol–water partition coefficient (Wildman–Crippen LogP) is 2.69. The molecule has 0 amide bonds. The molecular weight excluding hydrogens is 383 g/mol. The average molecular weight is 405 g/mol. The SMILES string of the molecule is CC1(F)CCN(c2nc(-c3cnc(N)c(Cl)c3)cc(N3CC4CC3CO4)n2)C1. The zero-order valence-electron chi connectivity index (χ0n) is 15.6.